The normalized spacial score (nSPS) is 20.8. The van der Waals surface area contributed by atoms with Gasteiger partial charge in [0.15, 0.2) is 0 Å². The largest absolute Gasteiger partial charge is 0.379 e. The molecule has 2 rings (SSSR count). The van der Waals surface area contributed by atoms with Crippen LogP contribution in [0.1, 0.15) is 31.5 Å². The smallest absolute Gasteiger partial charge is 0.203 e. The number of anilines is 1. The number of imidazole rings is 1. The first kappa shape index (κ1) is 10.5. The van der Waals surface area contributed by atoms with Crippen LogP contribution >= 0.6 is 0 Å². The molecule has 4 nitrogen and oxygen atoms in total. The SMILES string of the molecule is CCCNc1nc(C)cn1C1CCOC1. The summed E-state index contributed by atoms with van der Waals surface area (Å²) in [4.78, 5) is 4.49. The number of hydrogen-bond acceptors (Lipinski definition) is 3. The minimum Gasteiger partial charge on any atom is -0.379 e. The molecule has 1 unspecified atom stereocenters. The molecular formula is C11H19N3O. The van der Waals surface area contributed by atoms with E-state index in [1.54, 1.807) is 0 Å². The Morgan fingerprint density at radius 2 is 2.53 bits per heavy atom. The van der Waals surface area contributed by atoms with Gasteiger partial charge in [0.05, 0.1) is 18.3 Å². The van der Waals surface area contributed by atoms with Crippen LogP contribution < -0.4 is 5.32 Å². The molecule has 1 N–H and O–H groups in total. The number of aromatic nitrogens is 2. The van der Waals surface area contributed by atoms with E-state index >= 15 is 0 Å². The summed E-state index contributed by atoms with van der Waals surface area (Å²) in [5.74, 6) is 0.991. The molecule has 0 radical (unpaired) electrons. The summed E-state index contributed by atoms with van der Waals surface area (Å²) in [6.07, 6.45) is 4.32. The zero-order valence-electron chi connectivity index (χ0n) is 9.49. The summed E-state index contributed by atoms with van der Waals surface area (Å²) in [5.41, 5.74) is 1.07. The van der Waals surface area contributed by atoms with Gasteiger partial charge in [-0.05, 0) is 19.8 Å². The molecule has 1 atom stereocenters. The number of ether oxygens (including phenoxy) is 1. The highest BCUT2D eigenvalue weighted by Crippen LogP contribution is 2.23. The van der Waals surface area contributed by atoms with Crippen LogP contribution in [-0.4, -0.2) is 29.3 Å². The summed E-state index contributed by atoms with van der Waals surface area (Å²) in [6.45, 7) is 6.85. The third-order valence-corrected chi connectivity index (χ3v) is 2.68. The second kappa shape index (κ2) is 4.66. The Morgan fingerprint density at radius 3 is 3.20 bits per heavy atom. The van der Waals surface area contributed by atoms with Gasteiger partial charge in [-0.25, -0.2) is 4.98 Å². The van der Waals surface area contributed by atoms with E-state index in [0.717, 1.165) is 44.2 Å². The maximum Gasteiger partial charge on any atom is 0.203 e. The Bertz CT molecular complexity index is 316. The molecule has 1 aromatic heterocycles. The standard InChI is InChI=1S/C11H19N3O/c1-3-5-12-11-13-9(2)7-14(11)10-4-6-15-8-10/h7,10H,3-6,8H2,1-2H3,(H,12,13). The summed E-state index contributed by atoms with van der Waals surface area (Å²) < 4.78 is 7.62. The molecule has 1 fully saturated rings. The summed E-state index contributed by atoms with van der Waals surface area (Å²) >= 11 is 0. The fourth-order valence-electron chi connectivity index (χ4n) is 1.90. The molecule has 1 aliphatic heterocycles. The lowest BCUT2D eigenvalue weighted by molar-refractivity contribution is 0.187. The van der Waals surface area contributed by atoms with Crippen molar-refractivity contribution in [2.75, 3.05) is 25.1 Å². The van der Waals surface area contributed by atoms with Gasteiger partial charge in [0.1, 0.15) is 0 Å². The Hall–Kier alpha value is -1.03. The Labute approximate surface area is 90.6 Å². The Balaban J connectivity index is 2.13. The minimum atomic E-state index is 0.463. The van der Waals surface area contributed by atoms with Crippen molar-refractivity contribution in [3.63, 3.8) is 0 Å². The summed E-state index contributed by atoms with van der Waals surface area (Å²) in [7, 11) is 0. The van der Waals surface area contributed by atoms with Gasteiger partial charge in [-0.1, -0.05) is 6.92 Å². The number of nitrogens with one attached hydrogen (secondary N) is 1. The van der Waals surface area contributed by atoms with E-state index in [4.69, 9.17) is 4.74 Å². The lowest BCUT2D eigenvalue weighted by Gasteiger charge is -2.13. The predicted octanol–water partition coefficient (Wildman–Crippen LogP) is 1.97. The third kappa shape index (κ3) is 2.31. The van der Waals surface area contributed by atoms with E-state index in [9.17, 15) is 0 Å². The van der Waals surface area contributed by atoms with Crippen LogP contribution in [0.15, 0.2) is 6.20 Å². The van der Waals surface area contributed by atoms with Crippen molar-refractivity contribution in [3.05, 3.63) is 11.9 Å². The average Bonchev–Trinajstić information content (AvgIpc) is 2.83. The average molecular weight is 209 g/mol. The van der Waals surface area contributed by atoms with E-state index in [2.05, 4.69) is 28.0 Å². The van der Waals surface area contributed by atoms with Crippen molar-refractivity contribution < 1.29 is 4.74 Å². The van der Waals surface area contributed by atoms with Gasteiger partial charge in [-0.15, -0.1) is 0 Å². The third-order valence-electron chi connectivity index (χ3n) is 2.68. The minimum absolute atomic E-state index is 0.463. The van der Waals surface area contributed by atoms with Crippen molar-refractivity contribution in [3.8, 4) is 0 Å². The fraction of sp³-hybridized carbons (Fsp3) is 0.727. The Kier molecular flexibility index (Phi) is 3.26. The maximum atomic E-state index is 5.40. The highest BCUT2D eigenvalue weighted by molar-refractivity contribution is 5.29. The van der Waals surface area contributed by atoms with E-state index < -0.39 is 0 Å². The molecule has 1 saturated heterocycles. The van der Waals surface area contributed by atoms with Crippen molar-refractivity contribution >= 4 is 5.95 Å². The molecule has 0 aliphatic carbocycles. The van der Waals surface area contributed by atoms with Gasteiger partial charge in [0.2, 0.25) is 5.95 Å². The molecule has 0 spiro atoms. The van der Waals surface area contributed by atoms with E-state index in [1.165, 1.54) is 0 Å². The molecule has 2 heterocycles. The molecular weight excluding hydrogens is 190 g/mol. The zero-order chi connectivity index (χ0) is 10.7. The number of hydrogen-bond donors (Lipinski definition) is 1. The van der Waals surface area contributed by atoms with E-state index in [0.29, 0.717) is 6.04 Å². The summed E-state index contributed by atoms with van der Waals surface area (Å²) in [6, 6.07) is 0.463. The molecule has 15 heavy (non-hydrogen) atoms. The number of nitrogens with zero attached hydrogens (tertiary/aromatic N) is 2. The fourth-order valence-corrected chi connectivity index (χ4v) is 1.90. The Morgan fingerprint density at radius 1 is 1.67 bits per heavy atom. The first-order valence-electron chi connectivity index (χ1n) is 5.68. The molecule has 0 amide bonds. The van der Waals surface area contributed by atoms with Gasteiger partial charge in [0.25, 0.3) is 0 Å². The molecule has 4 heteroatoms. The van der Waals surface area contributed by atoms with Crippen LogP contribution in [0.2, 0.25) is 0 Å². The van der Waals surface area contributed by atoms with Crippen molar-refractivity contribution in [2.24, 2.45) is 0 Å². The van der Waals surface area contributed by atoms with Crippen LogP contribution in [-0.2, 0) is 4.74 Å². The van der Waals surface area contributed by atoms with E-state index in [-0.39, 0.29) is 0 Å². The van der Waals surface area contributed by atoms with Crippen LogP contribution in [0.25, 0.3) is 0 Å². The van der Waals surface area contributed by atoms with Crippen LogP contribution in [0.5, 0.6) is 0 Å². The van der Waals surface area contributed by atoms with Crippen LogP contribution in [0.4, 0.5) is 5.95 Å². The second-order valence-electron chi connectivity index (χ2n) is 4.06. The molecule has 0 bridgehead atoms. The van der Waals surface area contributed by atoms with Crippen molar-refractivity contribution in [2.45, 2.75) is 32.7 Å². The molecule has 84 valence electrons. The molecule has 0 aromatic carbocycles. The van der Waals surface area contributed by atoms with Crippen LogP contribution in [0, 0.1) is 6.92 Å². The first-order valence-corrected chi connectivity index (χ1v) is 5.68. The summed E-state index contributed by atoms with van der Waals surface area (Å²) in [5, 5.41) is 3.36. The van der Waals surface area contributed by atoms with Crippen LogP contribution in [0.3, 0.4) is 0 Å². The predicted molar refractivity (Wildman–Crippen MR) is 60.2 cm³/mol. The van der Waals surface area contributed by atoms with Crippen molar-refractivity contribution in [1.82, 2.24) is 9.55 Å². The van der Waals surface area contributed by atoms with Crippen molar-refractivity contribution in [1.29, 1.82) is 0 Å². The van der Waals surface area contributed by atoms with Gasteiger partial charge < -0.3 is 14.6 Å². The van der Waals surface area contributed by atoms with E-state index in [1.807, 2.05) is 6.92 Å². The monoisotopic (exact) mass is 209 g/mol. The molecule has 1 aromatic rings. The first-order chi connectivity index (χ1) is 7.31. The lowest BCUT2D eigenvalue weighted by Crippen LogP contribution is -2.13. The zero-order valence-corrected chi connectivity index (χ0v) is 9.49. The highest BCUT2D eigenvalue weighted by atomic mass is 16.5. The highest BCUT2D eigenvalue weighted by Gasteiger charge is 2.20. The number of rotatable bonds is 4. The van der Waals surface area contributed by atoms with Gasteiger partial charge >= 0.3 is 0 Å². The maximum absolute atomic E-state index is 5.40. The topological polar surface area (TPSA) is 39.1 Å². The molecule has 0 saturated carbocycles. The molecule has 1 aliphatic rings. The van der Waals surface area contributed by atoms with Gasteiger partial charge in [0, 0.05) is 19.3 Å². The second-order valence-corrected chi connectivity index (χ2v) is 4.06. The van der Waals surface area contributed by atoms with Gasteiger partial charge in [-0.3, -0.25) is 0 Å². The van der Waals surface area contributed by atoms with Gasteiger partial charge in [-0.2, -0.15) is 0 Å². The lowest BCUT2D eigenvalue weighted by atomic mass is 10.2. The number of aryl methyl sites for hydroxylation is 1. The quantitative estimate of drug-likeness (QED) is 0.824.